The average molecular weight is 220 g/mol. The lowest BCUT2D eigenvalue weighted by atomic mass is 9.91. The number of carbonyl (C=O) groups excluding carboxylic acids is 2. The Kier molecular flexibility index (Phi) is 4.23. The monoisotopic (exact) mass is 220 g/mol. The van der Waals surface area contributed by atoms with Crippen LogP contribution in [0.3, 0.4) is 0 Å². The van der Waals surface area contributed by atoms with Gasteiger partial charge in [0.15, 0.2) is 11.5 Å². The maximum atomic E-state index is 11.9. The molecule has 1 aliphatic rings. The van der Waals surface area contributed by atoms with Gasteiger partial charge in [-0.05, 0) is 18.9 Å². The molecule has 3 heteroatoms. The molecule has 0 atom stereocenters. The molecule has 0 aromatic carbocycles. The summed E-state index contributed by atoms with van der Waals surface area (Å²) in [5.41, 5.74) is 0.837. The summed E-state index contributed by atoms with van der Waals surface area (Å²) in [5, 5.41) is 0. The van der Waals surface area contributed by atoms with Crippen molar-refractivity contribution in [1.29, 1.82) is 0 Å². The van der Waals surface area contributed by atoms with Crippen molar-refractivity contribution in [2.45, 2.75) is 26.2 Å². The Morgan fingerprint density at radius 3 is 2.62 bits per heavy atom. The Morgan fingerprint density at radius 2 is 2.12 bits per heavy atom. The van der Waals surface area contributed by atoms with Crippen molar-refractivity contribution in [3.05, 3.63) is 35.6 Å². The highest BCUT2D eigenvalue weighted by molar-refractivity contribution is 6.23. The van der Waals surface area contributed by atoms with Gasteiger partial charge >= 0.3 is 0 Å². The third kappa shape index (κ3) is 2.30. The van der Waals surface area contributed by atoms with Crippen molar-refractivity contribution in [3.8, 4) is 0 Å². The lowest BCUT2D eigenvalue weighted by Crippen LogP contribution is -2.19. The van der Waals surface area contributed by atoms with Crippen LogP contribution in [0.15, 0.2) is 35.6 Å². The van der Waals surface area contributed by atoms with E-state index in [9.17, 15) is 9.59 Å². The van der Waals surface area contributed by atoms with Crippen molar-refractivity contribution in [1.82, 2.24) is 0 Å². The minimum Gasteiger partial charge on any atom is -0.492 e. The molecule has 0 bridgehead atoms. The second-order valence-electron chi connectivity index (χ2n) is 3.62. The molecular weight excluding hydrogens is 204 g/mol. The van der Waals surface area contributed by atoms with Gasteiger partial charge in [-0.2, -0.15) is 0 Å². The van der Waals surface area contributed by atoms with Crippen LogP contribution in [0, 0.1) is 0 Å². The summed E-state index contributed by atoms with van der Waals surface area (Å²) in [6.45, 7) is 5.59. The molecule has 86 valence electrons. The number of carbonyl (C=O) groups is 2. The molecule has 0 aromatic rings. The lowest BCUT2D eigenvalue weighted by molar-refractivity contribution is -0.117. The minimum atomic E-state index is -0.247. The molecule has 0 spiro atoms. The predicted octanol–water partition coefficient (Wildman–Crippen LogP) is 2.34. The fourth-order valence-electron chi connectivity index (χ4n) is 1.65. The Hall–Kier alpha value is -1.64. The third-order valence-electron chi connectivity index (χ3n) is 2.52. The van der Waals surface area contributed by atoms with E-state index >= 15 is 0 Å². The maximum Gasteiger partial charge on any atom is 0.221 e. The molecule has 0 fully saturated rings. The molecule has 0 N–H and O–H groups in total. The van der Waals surface area contributed by atoms with E-state index in [1.807, 2.05) is 6.92 Å². The molecule has 1 aliphatic carbocycles. The van der Waals surface area contributed by atoms with Gasteiger partial charge in [-0.25, -0.2) is 0 Å². The first-order valence-corrected chi connectivity index (χ1v) is 5.36. The summed E-state index contributed by atoms with van der Waals surface area (Å²) in [5.74, 6) is -0.289. The summed E-state index contributed by atoms with van der Waals surface area (Å²) in [6, 6.07) is 0. The van der Waals surface area contributed by atoms with Crippen LogP contribution in [0.4, 0.5) is 0 Å². The van der Waals surface area contributed by atoms with Crippen LogP contribution in [0.1, 0.15) is 26.2 Å². The standard InChI is InChI=1S/C13H16O3/c1-4-6-7-9-8-11(14)13(16-3)10(5-2)12(9)15/h5,8H,2,4,6-7H2,1,3H3. The van der Waals surface area contributed by atoms with Crippen molar-refractivity contribution < 1.29 is 14.3 Å². The summed E-state index contributed by atoms with van der Waals surface area (Å²) in [6.07, 6.45) is 5.29. The zero-order valence-electron chi connectivity index (χ0n) is 9.71. The van der Waals surface area contributed by atoms with Gasteiger partial charge in [0.25, 0.3) is 0 Å². The first-order chi connectivity index (χ1) is 7.65. The van der Waals surface area contributed by atoms with Crippen molar-refractivity contribution >= 4 is 11.6 Å². The molecule has 0 amide bonds. The number of allylic oxidation sites excluding steroid dienone is 4. The van der Waals surface area contributed by atoms with Crippen molar-refractivity contribution in [2.75, 3.05) is 7.11 Å². The largest absolute Gasteiger partial charge is 0.492 e. The SMILES string of the molecule is C=CC1=C(OC)C(=O)C=C(CCCC)C1=O. The van der Waals surface area contributed by atoms with Gasteiger partial charge in [0.05, 0.1) is 12.7 Å². The third-order valence-corrected chi connectivity index (χ3v) is 2.52. The Labute approximate surface area is 95.5 Å². The van der Waals surface area contributed by atoms with Gasteiger partial charge in [0.1, 0.15) is 0 Å². The zero-order valence-corrected chi connectivity index (χ0v) is 9.71. The van der Waals surface area contributed by atoms with Crippen molar-refractivity contribution in [2.24, 2.45) is 0 Å². The number of methoxy groups -OCH3 is 1. The van der Waals surface area contributed by atoms with Gasteiger partial charge in [0, 0.05) is 5.57 Å². The van der Waals surface area contributed by atoms with E-state index in [0.717, 1.165) is 12.8 Å². The van der Waals surface area contributed by atoms with Crippen LogP contribution in [0.2, 0.25) is 0 Å². The lowest BCUT2D eigenvalue weighted by Gasteiger charge is -2.15. The first kappa shape index (κ1) is 12.4. The van der Waals surface area contributed by atoms with E-state index in [-0.39, 0.29) is 22.9 Å². The molecule has 3 nitrogen and oxygen atoms in total. The predicted molar refractivity (Wildman–Crippen MR) is 61.9 cm³/mol. The summed E-state index contributed by atoms with van der Waals surface area (Å²) >= 11 is 0. The van der Waals surface area contributed by atoms with Crippen LogP contribution >= 0.6 is 0 Å². The average Bonchev–Trinajstić information content (AvgIpc) is 2.29. The molecule has 0 aromatic heterocycles. The fraction of sp³-hybridized carbons (Fsp3) is 0.385. The van der Waals surface area contributed by atoms with E-state index in [1.165, 1.54) is 19.3 Å². The van der Waals surface area contributed by atoms with E-state index in [4.69, 9.17) is 4.74 Å². The summed E-state index contributed by atoms with van der Waals surface area (Å²) in [4.78, 5) is 23.6. The molecule has 0 saturated carbocycles. The van der Waals surface area contributed by atoms with Crippen LogP contribution in [-0.2, 0) is 14.3 Å². The normalized spacial score (nSPS) is 16.2. The highest BCUT2D eigenvalue weighted by Gasteiger charge is 2.26. The number of Topliss-reactive ketones (excluding diaryl/α,β-unsaturated/α-hetero) is 1. The zero-order chi connectivity index (χ0) is 12.1. The molecule has 0 heterocycles. The second-order valence-corrected chi connectivity index (χ2v) is 3.62. The van der Waals surface area contributed by atoms with E-state index in [0.29, 0.717) is 12.0 Å². The minimum absolute atomic E-state index is 0.0975. The number of ketones is 2. The first-order valence-electron chi connectivity index (χ1n) is 5.36. The maximum absolute atomic E-state index is 11.9. The number of ether oxygens (including phenoxy) is 1. The number of unbranched alkanes of at least 4 members (excludes halogenated alkanes) is 1. The smallest absolute Gasteiger partial charge is 0.221 e. The molecule has 0 radical (unpaired) electrons. The van der Waals surface area contributed by atoms with Crippen LogP contribution in [-0.4, -0.2) is 18.7 Å². The van der Waals surface area contributed by atoms with Gasteiger partial charge in [0.2, 0.25) is 5.78 Å². The van der Waals surface area contributed by atoms with Crippen LogP contribution in [0.25, 0.3) is 0 Å². The van der Waals surface area contributed by atoms with Gasteiger partial charge in [-0.3, -0.25) is 9.59 Å². The summed E-state index contributed by atoms with van der Waals surface area (Å²) < 4.78 is 4.92. The van der Waals surface area contributed by atoms with Crippen LogP contribution in [0.5, 0.6) is 0 Å². The number of rotatable bonds is 5. The van der Waals surface area contributed by atoms with Crippen molar-refractivity contribution in [3.63, 3.8) is 0 Å². The summed E-state index contributed by atoms with van der Waals surface area (Å²) in [7, 11) is 1.38. The highest BCUT2D eigenvalue weighted by atomic mass is 16.5. The molecule has 0 saturated heterocycles. The van der Waals surface area contributed by atoms with E-state index in [1.54, 1.807) is 0 Å². The van der Waals surface area contributed by atoms with Gasteiger partial charge in [-0.15, -0.1) is 0 Å². The van der Waals surface area contributed by atoms with Gasteiger partial charge in [-0.1, -0.05) is 26.0 Å². The fourth-order valence-corrected chi connectivity index (χ4v) is 1.65. The molecule has 1 rings (SSSR count). The van der Waals surface area contributed by atoms with Crippen LogP contribution < -0.4 is 0 Å². The van der Waals surface area contributed by atoms with Gasteiger partial charge < -0.3 is 4.74 Å². The molecule has 16 heavy (non-hydrogen) atoms. The molecular formula is C13H16O3. The Balaban J connectivity index is 3.01. The number of hydrogen-bond donors (Lipinski definition) is 0. The quantitative estimate of drug-likeness (QED) is 0.668. The second kappa shape index (κ2) is 5.45. The van der Waals surface area contributed by atoms with E-state index in [2.05, 4.69) is 6.58 Å². The number of hydrogen-bond acceptors (Lipinski definition) is 3. The highest BCUT2D eigenvalue weighted by Crippen LogP contribution is 2.23. The topological polar surface area (TPSA) is 43.4 Å². The molecule has 0 unspecified atom stereocenters. The Morgan fingerprint density at radius 1 is 1.44 bits per heavy atom. The molecule has 0 aliphatic heterocycles. The Bertz CT molecular complexity index is 386. The van der Waals surface area contributed by atoms with E-state index < -0.39 is 0 Å².